The molecule has 0 aromatic heterocycles. The summed E-state index contributed by atoms with van der Waals surface area (Å²) in [7, 11) is 7.36. The number of carboxylic acid groups (broad SMARTS) is 1. The van der Waals surface area contributed by atoms with Crippen LogP contribution in [0.25, 0.3) is 0 Å². The van der Waals surface area contributed by atoms with Gasteiger partial charge in [0.05, 0.1) is 26.0 Å². The molecular weight excluding hydrogens is 889 g/mol. The van der Waals surface area contributed by atoms with E-state index in [9.17, 15) is 36.7 Å². The molecule has 0 atom stereocenters. The average molecular weight is 941 g/mol. The number of carboxylic acids is 1. The lowest BCUT2D eigenvalue weighted by atomic mass is 10.1. The van der Waals surface area contributed by atoms with Crippen LogP contribution in [0, 0.1) is 23.3 Å². The zero-order valence-corrected chi connectivity index (χ0v) is 35.6. The minimum absolute atomic E-state index is 0. The molecule has 0 aliphatic carbocycles. The van der Waals surface area contributed by atoms with Gasteiger partial charge in [-0.1, -0.05) is 48.5 Å². The smallest absolute Gasteiger partial charge is 0.310 e. The summed E-state index contributed by atoms with van der Waals surface area (Å²) in [6.07, 6.45) is 0.590. The van der Waals surface area contributed by atoms with Crippen LogP contribution in [-0.4, -0.2) is 68.1 Å². The predicted molar refractivity (Wildman–Crippen MR) is 226 cm³/mol. The fraction of sp³-hybridized carbons (Fsp3) is 0.243. The minimum Gasteiger partial charge on any atom is -0.481 e. The number of carbonyl (C=O) groups excluding carboxylic acids is 3. The van der Waals surface area contributed by atoms with Gasteiger partial charge in [0.15, 0.2) is 5.78 Å². The van der Waals surface area contributed by atoms with Crippen molar-refractivity contribution in [2.75, 3.05) is 19.8 Å². The van der Waals surface area contributed by atoms with Crippen molar-refractivity contribution in [3.63, 3.8) is 0 Å². The highest BCUT2D eigenvalue weighted by molar-refractivity contribution is 8.26. The molecule has 0 bridgehead atoms. The van der Waals surface area contributed by atoms with Crippen molar-refractivity contribution in [3.05, 3.63) is 143 Å². The van der Waals surface area contributed by atoms with Gasteiger partial charge < -0.3 is 31.6 Å². The Balaban J connectivity index is -0.000000148. The number of esters is 1. The van der Waals surface area contributed by atoms with E-state index < -0.39 is 20.4 Å². The van der Waals surface area contributed by atoms with Crippen LogP contribution < -0.4 is 29.1 Å². The van der Waals surface area contributed by atoms with E-state index in [4.69, 9.17) is 36.5 Å². The van der Waals surface area contributed by atoms with Crippen LogP contribution in [-0.2, 0) is 58.8 Å². The second kappa shape index (κ2) is 45.7. The van der Waals surface area contributed by atoms with Crippen LogP contribution in [0.15, 0.2) is 97.1 Å². The Bertz CT molecular complexity index is 1630. The van der Waals surface area contributed by atoms with Crippen molar-refractivity contribution in [2.24, 2.45) is 29.1 Å². The third kappa shape index (κ3) is 46.3. The van der Waals surface area contributed by atoms with Crippen LogP contribution in [0.1, 0.15) is 36.1 Å². The molecule has 0 aliphatic heterocycles. The number of aliphatic hydroxyl groups excluding tert-OH is 1. The summed E-state index contributed by atoms with van der Waals surface area (Å²) in [4.78, 5) is 42.4. The molecule has 16 N–H and O–H groups in total. The fourth-order valence-electron chi connectivity index (χ4n) is 3.42. The summed E-state index contributed by atoms with van der Waals surface area (Å²) >= 11 is 5.12. The maximum absolute atomic E-state index is 12.5. The number of nitrogens with two attached hydrogens (primary N) is 5. The first kappa shape index (κ1) is 67.4. The third-order valence-corrected chi connectivity index (χ3v) is 5.77. The molecule has 0 aliphatic rings. The van der Waals surface area contributed by atoms with Gasteiger partial charge in [-0.2, -0.15) is 0 Å². The van der Waals surface area contributed by atoms with Crippen molar-refractivity contribution in [1.82, 2.24) is 0 Å². The van der Waals surface area contributed by atoms with Crippen molar-refractivity contribution < 1.29 is 66.9 Å². The lowest BCUT2D eigenvalue weighted by Gasteiger charge is -2.01. The predicted octanol–water partition coefficient (Wildman–Crippen LogP) is 3.44. The Kier molecular flexibility index (Phi) is 51.3. The van der Waals surface area contributed by atoms with Crippen LogP contribution in [0.2, 0.25) is 0 Å². The fourth-order valence-corrected chi connectivity index (χ4v) is 3.58. The first-order chi connectivity index (χ1) is 27.4. The summed E-state index contributed by atoms with van der Waals surface area (Å²) < 4.78 is 63.3. The third-order valence-electron chi connectivity index (χ3n) is 5.63. The molecule has 0 radical (unpaired) electrons. The van der Waals surface area contributed by atoms with Gasteiger partial charge in [-0.3, -0.25) is 42.5 Å². The number of Topliss-reactive ketones (excluding diaryl/α,β-unsaturated/α-hetero) is 1. The second-order valence-electron chi connectivity index (χ2n) is 10.0. The standard InChI is InChI=1S/C10H11FO2.C9H10FNO.C8H6ClFO.C8H7FO2.C2H6O.Cl2OS.2H4N2.2H2O/c1-2-13-10(12)7-8-3-5-9(11)6-4-8;10-8-3-1-7(2-4-8)5-9(12)6-11;9-8(11)5-6-1-3-7(10)4-2-6;9-7-3-1-6(2-4-7)5-8(10)11;1-2-3;1-4(2)3;2*1-2;;/h3-6H,2,7H2,1H3;1-4H,5-6,11H2;1-4H,5H2;1-4H,5H2,(H,10,11);3H,2H2,1H3;;2*1-2H2;2*1H2. The van der Waals surface area contributed by atoms with Gasteiger partial charge in [-0.05, 0) is 96.2 Å². The SMILES string of the molecule is CCO.CCOC(=O)Cc1ccc(F)cc1.NCC(=O)Cc1ccc(F)cc1.NN.NN.O.O.O=C(Cl)Cc1ccc(F)cc1.O=C(O)Cc1ccc(F)cc1.O=S(Cl)Cl. The highest BCUT2D eigenvalue weighted by Gasteiger charge is 2.04. The Morgan fingerprint density at radius 3 is 1.08 bits per heavy atom. The van der Waals surface area contributed by atoms with Gasteiger partial charge in [0.1, 0.15) is 23.3 Å². The minimum atomic E-state index is -1.67. The Labute approximate surface area is 361 Å². The Hall–Kier alpha value is -4.42. The van der Waals surface area contributed by atoms with Gasteiger partial charge in [0.25, 0.3) is 0 Å². The number of benzene rings is 4. The van der Waals surface area contributed by atoms with Gasteiger partial charge in [0.2, 0.25) is 14.5 Å². The highest BCUT2D eigenvalue weighted by Crippen LogP contribution is 2.06. The number of ketones is 1. The lowest BCUT2D eigenvalue weighted by molar-refractivity contribution is -0.142. The molecule has 15 nitrogen and oxygen atoms in total. The summed E-state index contributed by atoms with van der Waals surface area (Å²) in [6.45, 7) is 4.10. The number of aliphatic hydroxyl groups is 1. The molecule has 60 heavy (non-hydrogen) atoms. The molecule has 0 unspecified atom stereocenters. The van der Waals surface area contributed by atoms with Crippen molar-refractivity contribution in [3.8, 4) is 0 Å². The molecule has 0 saturated heterocycles. The molecule has 4 rings (SSSR count). The molecule has 0 saturated carbocycles. The van der Waals surface area contributed by atoms with Crippen LogP contribution >= 0.6 is 33.0 Å². The van der Waals surface area contributed by atoms with Crippen molar-refractivity contribution >= 4 is 65.2 Å². The summed E-state index contributed by atoms with van der Waals surface area (Å²) in [6, 6.07) is 22.7. The second-order valence-corrected chi connectivity index (χ2v) is 13.0. The molecule has 4 aromatic carbocycles. The van der Waals surface area contributed by atoms with Gasteiger partial charge >= 0.3 is 11.9 Å². The number of ether oxygens (including phenoxy) is 1. The number of hydrogen-bond donors (Lipinski definition) is 7. The normalized spacial score (nSPS) is 8.67. The maximum Gasteiger partial charge on any atom is 0.310 e. The zero-order valence-electron chi connectivity index (χ0n) is 32.5. The monoisotopic (exact) mass is 939 g/mol. The topological polar surface area (TPSA) is 328 Å². The zero-order chi connectivity index (χ0) is 45.5. The molecule has 0 heterocycles. The molecule has 0 amide bonds. The summed E-state index contributed by atoms with van der Waals surface area (Å²) in [5.41, 5.74) is 8.03. The number of rotatable bonds is 10. The average Bonchev–Trinajstić information content (AvgIpc) is 3.18. The first-order valence-electron chi connectivity index (χ1n) is 16.2. The lowest BCUT2D eigenvalue weighted by Crippen LogP contribution is -2.15. The van der Waals surface area contributed by atoms with Crippen molar-refractivity contribution in [1.29, 1.82) is 0 Å². The highest BCUT2D eigenvalue weighted by atomic mass is 36.0. The van der Waals surface area contributed by atoms with E-state index >= 15 is 0 Å². The summed E-state index contributed by atoms with van der Waals surface area (Å²) in [5, 5.41) is 15.5. The molecule has 340 valence electrons. The molecule has 4 aromatic rings. The van der Waals surface area contributed by atoms with Crippen molar-refractivity contribution in [2.45, 2.75) is 39.5 Å². The number of hydrogen-bond acceptors (Lipinski definition) is 12. The molecule has 0 spiro atoms. The molecule has 23 heteroatoms. The molecule has 0 fully saturated rings. The van der Waals surface area contributed by atoms with Crippen LogP contribution in [0.3, 0.4) is 0 Å². The van der Waals surface area contributed by atoms with Gasteiger partial charge in [-0.15, -0.1) is 0 Å². The van der Waals surface area contributed by atoms with E-state index in [2.05, 4.69) is 44.7 Å². The number of halogens is 7. The van der Waals surface area contributed by atoms with E-state index in [0.717, 1.165) is 16.7 Å². The van der Waals surface area contributed by atoms with Gasteiger partial charge in [-0.25, -0.2) is 21.8 Å². The van der Waals surface area contributed by atoms with E-state index in [-0.39, 0.29) is 84.8 Å². The molecular formula is C37H52Cl3F4N5O10S. The van der Waals surface area contributed by atoms with E-state index in [1.165, 1.54) is 72.8 Å². The number of hydrazine groups is 2. The maximum atomic E-state index is 12.5. The van der Waals surface area contributed by atoms with E-state index in [1.54, 1.807) is 38.1 Å². The van der Waals surface area contributed by atoms with E-state index in [0.29, 0.717) is 12.2 Å². The van der Waals surface area contributed by atoms with Gasteiger partial charge in [0, 0.05) is 40.8 Å². The number of carbonyl (C=O) groups is 4. The Morgan fingerprint density at radius 2 is 0.850 bits per heavy atom. The largest absolute Gasteiger partial charge is 0.481 e. The summed E-state index contributed by atoms with van der Waals surface area (Å²) in [5.74, 6) is 13.5. The quantitative estimate of drug-likeness (QED) is 0.0394. The number of aliphatic carboxylic acids is 1. The Morgan fingerprint density at radius 1 is 0.600 bits per heavy atom. The first-order valence-corrected chi connectivity index (χ1v) is 19.4. The van der Waals surface area contributed by atoms with Crippen LogP contribution in [0.4, 0.5) is 17.6 Å². The van der Waals surface area contributed by atoms with Crippen LogP contribution in [0.5, 0.6) is 0 Å². The van der Waals surface area contributed by atoms with E-state index in [1.807, 2.05) is 0 Å².